The molecule has 0 fully saturated rings. The van der Waals surface area contributed by atoms with Crippen LogP contribution in [0.5, 0.6) is 0 Å². The Hall–Kier alpha value is -2.35. The first-order valence-corrected chi connectivity index (χ1v) is 6.39. The van der Waals surface area contributed by atoms with Gasteiger partial charge in [0, 0.05) is 10.9 Å². The van der Waals surface area contributed by atoms with Crippen LogP contribution in [0.3, 0.4) is 0 Å². The fourth-order valence-electron chi connectivity index (χ4n) is 2.24. The summed E-state index contributed by atoms with van der Waals surface area (Å²) in [5.74, 6) is 0.0141. The van der Waals surface area contributed by atoms with Gasteiger partial charge < -0.3 is 4.42 Å². The highest BCUT2D eigenvalue weighted by molar-refractivity contribution is 6.15. The first-order chi connectivity index (χ1) is 9.29. The lowest BCUT2D eigenvalue weighted by molar-refractivity contribution is 0.103. The van der Waals surface area contributed by atoms with Gasteiger partial charge in [0.2, 0.25) is 0 Å². The fraction of sp³-hybridized carbons (Fsp3) is 0.118. The number of fused-ring (bicyclic) bond motifs is 1. The second-order valence-corrected chi connectivity index (χ2v) is 4.53. The normalized spacial score (nSPS) is 10.8. The monoisotopic (exact) mass is 250 g/mol. The predicted octanol–water partition coefficient (Wildman–Crippen LogP) is 4.23. The second kappa shape index (κ2) is 4.73. The summed E-state index contributed by atoms with van der Waals surface area (Å²) in [6.07, 6.45) is 2.47. The number of hydrogen-bond acceptors (Lipinski definition) is 2. The van der Waals surface area contributed by atoms with E-state index in [9.17, 15) is 4.79 Å². The number of ketones is 1. The van der Waals surface area contributed by atoms with Crippen LogP contribution in [0.15, 0.2) is 59.2 Å². The molecule has 94 valence electrons. The molecule has 3 rings (SSSR count). The molecule has 0 N–H and O–H groups in total. The van der Waals surface area contributed by atoms with Crippen LogP contribution in [-0.4, -0.2) is 5.78 Å². The largest absolute Gasteiger partial charge is 0.464 e. The summed E-state index contributed by atoms with van der Waals surface area (Å²) in [4.78, 5) is 12.5. The number of furan rings is 1. The number of carbonyl (C=O) groups excluding carboxylic acids is 1. The second-order valence-electron chi connectivity index (χ2n) is 4.53. The van der Waals surface area contributed by atoms with Gasteiger partial charge in [0.15, 0.2) is 5.78 Å². The summed E-state index contributed by atoms with van der Waals surface area (Å²) in [6, 6.07) is 15.4. The Bertz CT molecular complexity index is 738. The highest BCUT2D eigenvalue weighted by Gasteiger charge is 2.15. The van der Waals surface area contributed by atoms with Gasteiger partial charge in [0.05, 0.1) is 5.56 Å². The summed E-state index contributed by atoms with van der Waals surface area (Å²) in [5, 5.41) is 0.870. The molecule has 2 aromatic carbocycles. The van der Waals surface area contributed by atoms with Crippen LogP contribution in [0, 0.1) is 0 Å². The van der Waals surface area contributed by atoms with Crippen LogP contribution in [0.1, 0.15) is 28.4 Å². The van der Waals surface area contributed by atoms with Crippen LogP contribution in [-0.2, 0) is 6.42 Å². The van der Waals surface area contributed by atoms with Gasteiger partial charge in [0.1, 0.15) is 11.8 Å². The van der Waals surface area contributed by atoms with Crippen molar-refractivity contribution in [3.63, 3.8) is 0 Å². The molecule has 0 unspecified atom stereocenters. The molecule has 0 atom stereocenters. The molecule has 2 heteroatoms. The molecule has 1 heterocycles. The minimum absolute atomic E-state index is 0.0141. The summed E-state index contributed by atoms with van der Waals surface area (Å²) >= 11 is 0. The summed E-state index contributed by atoms with van der Waals surface area (Å²) in [7, 11) is 0. The molecule has 0 aliphatic heterocycles. The molecule has 0 aliphatic carbocycles. The highest BCUT2D eigenvalue weighted by atomic mass is 16.3. The zero-order valence-corrected chi connectivity index (χ0v) is 10.7. The van der Waals surface area contributed by atoms with E-state index in [-0.39, 0.29) is 5.78 Å². The summed E-state index contributed by atoms with van der Waals surface area (Å²) in [5.41, 5.74) is 3.26. The van der Waals surface area contributed by atoms with E-state index in [1.807, 2.05) is 48.5 Å². The van der Waals surface area contributed by atoms with E-state index >= 15 is 0 Å². The van der Waals surface area contributed by atoms with Crippen LogP contribution in [0.2, 0.25) is 0 Å². The molecular weight excluding hydrogens is 236 g/mol. The van der Waals surface area contributed by atoms with Gasteiger partial charge in [-0.3, -0.25) is 4.79 Å². The average Bonchev–Trinajstić information content (AvgIpc) is 2.90. The predicted molar refractivity (Wildman–Crippen MR) is 75.5 cm³/mol. The maximum atomic E-state index is 12.5. The molecule has 3 aromatic rings. The van der Waals surface area contributed by atoms with Crippen LogP contribution >= 0.6 is 0 Å². The van der Waals surface area contributed by atoms with E-state index in [0.29, 0.717) is 11.1 Å². The highest BCUT2D eigenvalue weighted by Crippen LogP contribution is 2.23. The summed E-state index contributed by atoms with van der Waals surface area (Å²) in [6.45, 7) is 2.08. The number of benzene rings is 2. The molecule has 2 nitrogen and oxygen atoms in total. The third-order valence-electron chi connectivity index (χ3n) is 3.32. The van der Waals surface area contributed by atoms with Crippen molar-refractivity contribution in [2.45, 2.75) is 13.3 Å². The van der Waals surface area contributed by atoms with Gasteiger partial charge in [-0.05, 0) is 24.1 Å². The Morgan fingerprint density at radius 2 is 1.95 bits per heavy atom. The van der Waals surface area contributed by atoms with E-state index in [4.69, 9.17) is 4.42 Å². The standard InChI is InChI=1S/C17H14O2/c1-2-12-6-5-7-13(10-12)17(18)15-11-19-16-9-4-3-8-14(15)16/h3-11H,2H2,1H3. The fourth-order valence-corrected chi connectivity index (χ4v) is 2.24. The zero-order valence-electron chi connectivity index (χ0n) is 10.7. The molecule has 0 spiro atoms. The van der Waals surface area contributed by atoms with E-state index in [1.54, 1.807) is 6.26 Å². The van der Waals surface area contributed by atoms with Crippen molar-refractivity contribution in [2.75, 3.05) is 0 Å². The topological polar surface area (TPSA) is 30.2 Å². The maximum absolute atomic E-state index is 12.5. The van der Waals surface area contributed by atoms with E-state index < -0.39 is 0 Å². The molecular formula is C17H14O2. The smallest absolute Gasteiger partial charge is 0.196 e. The van der Waals surface area contributed by atoms with Crippen molar-refractivity contribution in [3.8, 4) is 0 Å². The number of carbonyl (C=O) groups is 1. The maximum Gasteiger partial charge on any atom is 0.196 e. The Balaban J connectivity index is 2.08. The molecule has 0 amide bonds. The number of rotatable bonds is 3. The lowest BCUT2D eigenvalue weighted by Crippen LogP contribution is -2.00. The van der Waals surface area contributed by atoms with Gasteiger partial charge >= 0.3 is 0 Å². The zero-order chi connectivity index (χ0) is 13.2. The van der Waals surface area contributed by atoms with Crippen molar-refractivity contribution in [2.24, 2.45) is 0 Å². The van der Waals surface area contributed by atoms with Gasteiger partial charge in [-0.2, -0.15) is 0 Å². The Morgan fingerprint density at radius 1 is 1.11 bits per heavy atom. The first-order valence-electron chi connectivity index (χ1n) is 6.39. The number of para-hydroxylation sites is 1. The van der Waals surface area contributed by atoms with Crippen molar-refractivity contribution in [1.82, 2.24) is 0 Å². The minimum Gasteiger partial charge on any atom is -0.464 e. The van der Waals surface area contributed by atoms with Crippen molar-refractivity contribution < 1.29 is 9.21 Å². The molecule has 0 radical (unpaired) electrons. The lowest BCUT2D eigenvalue weighted by atomic mass is 10.0. The third kappa shape index (κ3) is 2.06. The molecule has 0 saturated heterocycles. The number of hydrogen-bond donors (Lipinski definition) is 0. The lowest BCUT2D eigenvalue weighted by Gasteiger charge is -2.01. The number of aryl methyl sites for hydroxylation is 1. The Labute approximate surface area is 111 Å². The molecule has 0 saturated carbocycles. The van der Waals surface area contributed by atoms with E-state index in [1.165, 1.54) is 5.56 Å². The average molecular weight is 250 g/mol. The Morgan fingerprint density at radius 3 is 2.79 bits per heavy atom. The third-order valence-corrected chi connectivity index (χ3v) is 3.32. The molecule has 1 aromatic heterocycles. The van der Waals surface area contributed by atoms with Crippen LogP contribution < -0.4 is 0 Å². The van der Waals surface area contributed by atoms with Crippen molar-refractivity contribution >= 4 is 16.8 Å². The van der Waals surface area contributed by atoms with Crippen LogP contribution in [0.25, 0.3) is 11.0 Å². The quantitative estimate of drug-likeness (QED) is 0.651. The van der Waals surface area contributed by atoms with Crippen molar-refractivity contribution in [1.29, 1.82) is 0 Å². The van der Waals surface area contributed by atoms with Gasteiger partial charge in [0.25, 0.3) is 0 Å². The first kappa shape index (κ1) is 11.7. The van der Waals surface area contributed by atoms with Crippen LogP contribution in [0.4, 0.5) is 0 Å². The molecule has 0 bridgehead atoms. The molecule has 19 heavy (non-hydrogen) atoms. The van der Waals surface area contributed by atoms with E-state index in [2.05, 4.69) is 6.92 Å². The van der Waals surface area contributed by atoms with Gasteiger partial charge in [-0.15, -0.1) is 0 Å². The summed E-state index contributed by atoms with van der Waals surface area (Å²) < 4.78 is 5.43. The van der Waals surface area contributed by atoms with Gasteiger partial charge in [-0.25, -0.2) is 0 Å². The molecule has 0 aliphatic rings. The van der Waals surface area contributed by atoms with Gasteiger partial charge in [-0.1, -0.05) is 43.3 Å². The SMILES string of the molecule is CCc1cccc(C(=O)c2coc3ccccc23)c1. The Kier molecular flexibility index (Phi) is 2.92. The minimum atomic E-state index is 0.0141. The van der Waals surface area contributed by atoms with E-state index in [0.717, 1.165) is 17.4 Å². The van der Waals surface area contributed by atoms with Crippen molar-refractivity contribution in [3.05, 3.63) is 71.5 Å².